The van der Waals surface area contributed by atoms with Crippen molar-refractivity contribution in [1.29, 1.82) is 0 Å². The molecule has 0 fully saturated rings. The highest BCUT2D eigenvalue weighted by Gasteiger charge is 2.30. The summed E-state index contributed by atoms with van der Waals surface area (Å²) in [4.78, 5) is 15.0. The molecule has 0 spiro atoms. The van der Waals surface area contributed by atoms with Crippen LogP contribution in [0.3, 0.4) is 0 Å². The Kier molecular flexibility index (Phi) is 3.66. The van der Waals surface area contributed by atoms with Crippen LogP contribution in [0.4, 0.5) is 13.2 Å². The van der Waals surface area contributed by atoms with Gasteiger partial charge in [0, 0.05) is 16.5 Å². The SMILES string of the molecule is O=C(O)CSc1ccnc2cc(C(F)(F)F)ccc12. The predicted octanol–water partition coefficient (Wildman–Crippen LogP) is 3.43. The van der Waals surface area contributed by atoms with Crippen LogP contribution >= 0.6 is 11.8 Å². The van der Waals surface area contributed by atoms with Gasteiger partial charge >= 0.3 is 12.1 Å². The summed E-state index contributed by atoms with van der Waals surface area (Å²) < 4.78 is 37.7. The van der Waals surface area contributed by atoms with Gasteiger partial charge in [-0.1, -0.05) is 6.07 Å². The van der Waals surface area contributed by atoms with E-state index in [-0.39, 0.29) is 11.3 Å². The van der Waals surface area contributed by atoms with E-state index in [2.05, 4.69) is 4.98 Å². The van der Waals surface area contributed by atoms with Gasteiger partial charge in [-0.2, -0.15) is 13.2 Å². The van der Waals surface area contributed by atoms with Gasteiger partial charge in [0.05, 0.1) is 16.8 Å². The monoisotopic (exact) mass is 287 g/mol. The quantitative estimate of drug-likeness (QED) is 0.879. The zero-order valence-electron chi connectivity index (χ0n) is 9.44. The second-order valence-corrected chi connectivity index (χ2v) is 4.74. The van der Waals surface area contributed by atoms with E-state index in [1.165, 1.54) is 12.3 Å². The zero-order valence-corrected chi connectivity index (χ0v) is 10.3. The Bertz CT molecular complexity index is 628. The Balaban J connectivity index is 2.44. The number of hydrogen-bond donors (Lipinski definition) is 1. The minimum absolute atomic E-state index is 0.153. The summed E-state index contributed by atoms with van der Waals surface area (Å²) in [7, 11) is 0. The van der Waals surface area contributed by atoms with Gasteiger partial charge in [0.15, 0.2) is 0 Å². The molecule has 1 heterocycles. The minimum Gasteiger partial charge on any atom is -0.481 e. The molecule has 1 aromatic carbocycles. The van der Waals surface area contributed by atoms with E-state index < -0.39 is 17.7 Å². The number of hydrogen-bond acceptors (Lipinski definition) is 3. The van der Waals surface area contributed by atoms with Crippen molar-refractivity contribution in [3.05, 3.63) is 36.0 Å². The average Bonchev–Trinajstić information content (AvgIpc) is 2.34. The molecular formula is C12H8F3NO2S. The second-order valence-electron chi connectivity index (χ2n) is 3.72. The van der Waals surface area contributed by atoms with Crippen molar-refractivity contribution in [3.8, 4) is 0 Å². The van der Waals surface area contributed by atoms with Gasteiger partial charge in [-0.15, -0.1) is 11.8 Å². The number of halogens is 3. The van der Waals surface area contributed by atoms with Crippen molar-refractivity contribution in [2.24, 2.45) is 0 Å². The van der Waals surface area contributed by atoms with Gasteiger partial charge in [0.25, 0.3) is 0 Å². The third-order valence-corrected chi connectivity index (χ3v) is 3.44. The first-order valence-electron chi connectivity index (χ1n) is 5.18. The lowest BCUT2D eigenvalue weighted by atomic mass is 10.1. The molecule has 0 saturated carbocycles. The van der Waals surface area contributed by atoms with E-state index in [9.17, 15) is 18.0 Å². The Labute approximate surface area is 110 Å². The molecule has 7 heteroatoms. The Morgan fingerprint density at radius 2 is 2.05 bits per heavy atom. The van der Waals surface area contributed by atoms with E-state index in [0.29, 0.717) is 10.3 Å². The van der Waals surface area contributed by atoms with Crippen molar-refractivity contribution in [1.82, 2.24) is 4.98 Å². The molecule has 2 aromatic rings. The summed E-state index contributed by atoms with van der Waals surface area (Å²) in [5.41, 5.74) is -0.571. The molecule has 0 radical (unpaired) electrons. The number of thioether (sulfide) groups is 1. The molecule has 0 bridgehead atoms. The van der Waals surface area contributed by atoms with Crippen LogP contribution in [0.15, 0.2) is 35.4 Å². The number of fused-ring (bicyclic) bond motifs is 1. The fraction of sp³-hybridized carbons (Fsp3) is 0.167. The first-order valence-corrected chi connectivity index (χ1v) is 6.17. The number of aromatic nitrogens is 1. The smallest absolute Gasteiger partial charge is 0.416 e. The topological polar surface area (TPSA) is 50.2 Å². The van der Waals surface area contributed by atoms with Gasteiger partial charge in [0.2, 0.25) is 0 Å². The van der Waals surface area contributed by atoms with E-state index in [0.717, 1.165) is 23.9 Å². The standard InChI is InChI=1S/C12H8F3NO2S/c13-12(14,15)7-1-2-8-9(5-7)16-4-3-10(8)19-6-11(17)18/h1-5H,6H2,(H,17,18). The highest BCUT2D eigenvalue weighted by atomic mass is 32.2. The number of pyridine rings is 1. The van der Waals surface area contributed by atoms with Gasteiger partial charge in [-0.05, 0) is 18.2 Å². The third kappa shape index (κ3) is 3.17. The van der Waals surface area contributed by atoms with Crippen LogP contribution < -0.4 is 0 Å². The lowest BCUT2D eigenvalue weighted by Gasteiger charge is -2.09. The Hall–Kier alpha value is -1.76. The highest BCUT2D eigenvalue weighted by molar-refractivity contribution is 8.00. The molecule has 0 saturated heterocycles. The molecule has 3 nitrogen and oxygen atoms in total. The zero-order chi connectivity index (χ0) is 14.0. The van der Waals surface area contributed by atoms with Crippen molar-refractivity contribution in [2.45, 2.75) is 11.1 Å². The maximum Gasteiger partial charge on any atom is 0.416 e. The fourth-order valence-electron chi connectivity index (χ4n) is 1.56. The molecule has 0 amide bonds. The van der Waals surface area contributed by atoms with E-state index in [1.54, 1.807) is 6.07 Å². The number of carbonyl (C=O) groups is 1. The largest absolute Gasteiger partial charge is 0.481 e. The van der Waals surface area contributed by atoms with E-state index in [4.69, 9.17) is 5.11 Å². The first-order chi connectivity index (χ1) is 8.88. The van der Waals surface area contributed by atoms with Crippen molar-refractivity contribution >= 4 is 28.6 Å². The number of benzene rings is 1. The number of carboxylic acid groups (broad SMARTS) is 1. The highest BCUT2D eigenvalue weighted by Crippen LogP contribution is 2.33. The predicted molar refractivity (Wildman–Crippen MR) is 65.1 cm³/mol. The molecule has 0 unspecified atom stereocenters. The molecule has 2 rings (SSSR count). The molecule has 100 valence electrons. The van der Waals surface area contributed by atoms with Crippen LogP contribution in [0.1, 0.15) is 5.56 Å². The summed E-state index contributed by atoms with van der Waals surface area (Å²) in [6, 6.07) is 4.83. The van der Waals surface area contributed by atoms with Gasteiger partial charge in [-0.25, -0.2) is 0 Å². The minimum atomic E-state index is -4.42. The fourth-order valence-corrected chi connectivity index (χ4v) is 2.33. The molecule has 1 aromatic heterocycles. The number of aliphatic carboxylic acids is 1. The molecule has 0 aliphatic rings. The molecule has 0 aliphatic heterocycles. The summed E-state index contributed by atoms with van der Waals surface area (Å²) >= 11 is 1.05. The van der Waals surface area contributed by atoms with Gasteiger partial charge < -0.3 is 5.11 Å². The maximum absolute atomic E-state index is 12.6. The third-order valence-electron chi connectivity index (χ3n) is 2.38. The molecular weight excluding hydrogens is 279 g/mol. The summed E-state index contributed by atoms with van der Waals surface area (Å²) in [5.74, 6) is -1.14. The van der Waals surface area contributed by atoms with Crippen molar-refractivity contribution in [2.75, 3.05) is 5.75 Å². The summed E-state index contributed by atoms with van der Waals surface area (Å²) in [6.45, 7) is 0. The van der Waals surface area contributed by atoms with Crippen molar-refractivity contribution in [3.63, 3.8) is 0 Å². The molecule has 19 heavy (non-hydrogen) atoms. The van der Waals surface area contributed by atoms with Crippen LogP contribution in [0.5, 0.6) is 0 Å². The average molecular weight is 287 g/mol. The van der Waals surface area contributed by atoms with Crippen LogP contribution in [-0.2, 0) is 11.0 Å². The van der Waals surface area contributed by atoms with Gasteiger partial charge in [-0.3, -0.25) is 9.78 Å². The number of carboxylic acids is 1. The Morgan fingerprint density at radius 3 is 2.68 bits per heavy atom. The van der Waals surface area contributed by atoms with Crippen LogP contribution in [0.2, 0.25) is 0 Å². The number of rotatable bonds is 3. The molecule has 1 N–H and O–H groups in total. The molecule has 0 atom stereocenters. The lowest BCUT2D eigenvalue weighted by molar-refractivity contribution is -0.137. The van der Waals surface area contributed by atoms with Crippen LogP contribution in [0.25, 0.3) is 10.9 Å². The normalized spacial score (nSPS) is 11.7. The summed E-state index contributed by atoms with van der Waals surface area (Å²) in [5, 5.41) is 9.13. The second kappa shape index (κ2) is 5.08. The Morgan fingerprint density at radius 1 is 1.32 bits per heavy atom. The first kappa shape index (κ1) is 13.7. The van der Waals surface area contributed by atoms with E-state index >= 15 is 0 Å². The van der Waals surface area contributed by atoms with Crippen LogP contribution in [0, 0.1) is 0 Å². The summed E-state index contributed by atoms with van der Waals surface area (Å²) in [6.07, 6.45) is -3.05. The van der Waals surface area contributed by atoms with Gasteiger partial charge in [0.1, 0.15) is 0 Å². The van der Waals surface area contributed by atoms with E-state index in [1.807, 2.05) is 0 Å². The molecule has 0 aliphatic carbocycles. The van der Waals surface area contributed by atoms with Crippen molar-refractivity contribution < 1.29 is 23.1 Å². The van der Waals surface area contributed by atoms with Crippen LogP contribution in [-0.4, -0.2) is 21.8 Å². The number of alkyl halides is 3. The maximum atomic E-state index is 12.6. The lowest BCUT2D eigenvalue weighted by Crippen LogP contribution is -2.04. The number of nitrogens with zero attached hydrogens (tertiary/aromatic N) is 1.